The van der Waals surface area contributed by atoms with Gasteiger partial charge in [0.15, 0.2) is 0 Å². The Kier molecular flexibility index (Phi) is 6.32. The summed E-state index contributed by atoms with van der Waals surface area (Å²) in [6.07, 6.45) is 0. The van der Waals surface area contributed by atoms with E-state index in [-0.39, 0.29) is 0 Å². The van der Waals surface area contributed by atoms with E-state index in [1.54, 1.807) is 0 Å². The Bertz CT molecular complexity index is 1030. The average molecular weight is 419 g/mol. The standard InChI is InChI=1S/C24H30N6O/c1-16(2)19-6-9-20(10-7-19)25-22-27-23(26-21-8-5-17(3)18(4)15-21)29-24(28-22)30-11-13-31-14-12-30/h5-10,15-16H,11-14H2,1-4H3,(H2,25,26,27,28,29). The third-order valence-corrected chi connectivity index (χ3v) is 5.51. The molecule has 1 saturated heterocycles. The molecule has 0 radical (unpaired) electrons. The lowest BCUT2D eigenvalue weighted by atomic mass is 10.0. The summed E-state index contributed by atoms with van der Waals surface area (Å²) < 4.78 is 5.48. The number of hydrogen-bond donors (Lipinski definition) is 2. The molecular formula is C24H30N6O. The van der Waals surface area contributed by atoms with Crippen LogP contribution in [-0.2, 0) is 4.74 Å². The minimum absolute atomic E-state index is 0.493. The molecule has 1 aromatic heterocycles. The highest BCUT2D eigenvalue weighted by Crippen LogP contribution is 2.23. The number of morpholine rings is 1. The van der Waals surface area contributed by atoms with E-state index in [1.807, 2.05) is 6.07 Å². The summed E-state index contributed by atoms with van der Waals surface area (Å²) in [5, 5.41) is 6.68. The number of nitrogens with one attached hydrogen (secondary N) is 2. The topological polar surface area (TPSA) is 75.2 Å². The number of aromatic nitrogens is 3. The smallest absolute Gasteiger partial charge is 0.233 e. The maximum absolute atomic E-state index is 5.48. The lowest BCUT2D eigenvalue weighted by Gasteiger charge is -2.27. The number of hydrogen-bond acceptors (Lipinski definition) is 7. The summed E-state index contributed by atoms with van der Waals surface area (Å²) in [6.45, 7) is 11.4. The van der Waals surface area contributed by atoms with Gasteiger partial charge in [0.05, 0.1) is 13.2 Å². The molecule has 0 atom stereocenters. The largest absolute Gasteiger partial charge is 0.378 e. The van der Waals surface area contributed by atoms with Crippen LogP contribution < -0.4 is 15.5 Å². The van der Waals surface area contributed by atoms with Gasteiger partial charge in [-0.3, -0.25) is 0 Å². The second-order valence-electron chi connectivity index (χ2n) is 8.21. The molecule has 7 nitrogen and oxygen atoms in total. The molecule has 1 fully saturated rings. The molecule has 7 heteroatoms. The van der Waals surface area contributed by atoms with E-state index in [0.717, 1.165) is 24.5 Å². The van der Waals surface area contributed by atoms with Gasteiger partial charge in [0, 0.05) is 24.5 Å². The lowest BCUT2D eigenvalue weighted by Crippen LogP contribution is -2.37. The minimum atomic E-state index is 0.493. The average Bonchev–Trinajstić information content (AvgIpc) is 2.77. The van der Waals surface area contributed by atoms with Crippen molar-refractivity contribution in [2.45, 2.75) is 33.6 Å². The Morgan fingerprint density at radius 3 is 2.03 bits per heavy atom. The number of benzene rings is 2. The summed E-state index contributed by atoms with van der Waals surface area (Å²) in [5.74, 6) is 2.17. The highest BCUT2D eigenvalue weighted by molar-refractivity contribution is 5.60. The molecule has 3 aromatic rings. The summed E-state index contributed by atoms with van der Waals surface area (Å²) in [4.78, 5) is 16.1. The van der Waals surface area contributed by atoms with Crippen molar-refractivity contribution in [3.63, 3.8) is 0 Å². The van der Waals surface area contributed by atoms with Crippen molar-refractivity contribution in [2.75, 3.05) is 41.8 Å². The van der Waals surface area contributed by atoms with Gasteiger partial charge in [0.2, 0.25) is 17.8 Å². The first-order valence-corrected chi connectivity index (χ1v) is 10.8. The van der Waals surface area contributed by atoms with E-state index in [9.17, 15) is 0 Å². The summed E-state index contributed by atoms with van der Waals surface area (Å²) >= 11 is 0. The zero-order valence-corrected chi connectivity index (χ0v) is 18.6. The predicted molar refractivity (Wildman–Crippen MR) is 126 cm³/mol. The van der Waals surface area contributed by atoms with Crippen LogP contribution in [0.2, 0.25) is 0 Å². The van der Waals surface area contributed by atoms with Gasteiger partial charge in [0.1, 0.15) is 0 Å². The van der Waals surface area contributed by atoms with Crippen LogP contribution in [0.3, 0.4) is 0 Å². The monoisotopic (exact) mass is 418 g/mol. The van der Waals surface area contributed by atoms with Crippen molar-refractivity contribution in [3.8, 4) is 0 Å². The molecule has 1 aliphatic rings. The van der Waals surface area contributed by atoms with Crippen molar-refractivity contribution >= 4 is 29.2 Å². The second kappa shape index (κ2) is 9.31. The van der Waals surface area contributed by atoms with Crippen molar-refractivity contribution in [1.82, 2.24) is 15.0 Å². The van der Waals surface area contributed by atoms with Crippen LogP contribution in [0.15, 0.2) is 42.5 Å². The molecule has 0 aliphatic carbocycles. The van der Waals surface area contributed by atoms with E-state index in [0.29, 0.717) is 37.0 Å². The molecule has 2 aromatic carbocycles. The first-order valence-electron chi connectivity index (χ1n) is 10.8. The summed E-state index contributed by atoms with van der Waals surface area (Å²) in [6, 6.07) is 14.6. The van der Waals surface area contributed by atoms with Crippen LogP contribution in [0, 0.1) is 13.8 Å². The van der Waals surface area contributed by atoms with Crippen molar-refractivity contribution < 1.29 is 4.74 Å². The quantitative estimate of drug-likeness (QED) is 0.587. The SMILES string of the molecule is Cc1ccc(Nc2nc(Nc3ccc(C(C)C)cc3)nc(N3CCOCC3)n2)cc1C. The molecule has 31 heavy (non-hydrogen) atoms. The number of aryl methyl sites for hydroxylation is 2. The normalized spacial score (nSPS) is 14.0. The molecule has 4 rings (SSSR count). The van der Waals surface area contributed by atoms with Crippen LogP contribution in [0.4, 0.5) is 29.2 Å². The molecular weight excluding hydrogens is 388 g/mol. The Hall–Kier alpha value is -3.19. The van der Waals surface area contributed by atoms with Crippen LogP contribution in [0.5, 0.6) is 0 Å². The zero-order chi connectivity index (χ0) is 21.8. The Balaban J connectivity index is 1.62. The third-order valence-electron chi connectivity index (χ3n) is 5.51. The highest BCUT2D eigenvalue weighted by Gasteiger charge is 2.17. The van der Waals surface area contributed by atoms with Crippen LogP contribution in [0.25, 0.3) is 0 Å². The Labute approximate surface area is 183 Å². The van der Waals surface area contributed by atoms with Gasteiger partial charge in [-0.1, -0.05) is 32.0 Å². The molecule has 0 amide bonds. The molecule has 1 aliphatic heterocycles. The Morgan fingerprint density at radius 2 is 1.42 bits per heavy atom. The van der Waals surface area contributed by atoms with E-state index >= 15 is 0 Å². The van der Waals surface area contributed by atoms with Crippen molar-refractivity contribution in [2.24, 2.45) is 0 Å². The van der Waals surface area contributed by atoms with Gasteiger partial charge >= 0.3 is 0 Å². The fourth-order valence-electron chi connectivity index (χ4n) is 3.41. The molecule has 2 N–H and O–H groups in total. The van der Waals surface area contributed by atoms with Crippen LogP contribution in [0.1, 0.15) is 36.5 Å². The maximum Gasteiger partial charge on any atom is 0.233 e. The third kappa shape index (κ3) is 5.30. The number of rotatable bonds is 6. The van der Waals surface area contributed by atoms with E-state index in [1.165, 1.54) is 16.7 Å². The fraction of sp³-hybridized carbons (Fsp3) is 0.375. The van der Waals surface area contributed by atoms with Crippen LogP contribution >= 0.6 is 0 Å². The first-order chi connectivity index (χ1) is 15.0. The number of anilines is 5. The predicted octanol–water partition coefficient (Wildman–Crippen LogP) is 4.94. The molecule has 0 spiro atoms. The van der Waals surface area contributed by atoms with E-state index in [4.69, 9.17) is 4.74 Å². The molecule has 2 heterocycles. The lowest BCUT2D eigenvalue weighted by molar-refractivity contribution is 0.122. The highest BCUT2D eigenvalue weighted by atomic mass is 16.5. The van der Waals surface area contributed by atoms with Gasteiger partial charge < -0.3 is 20.3 Å². The van der Waals surface area contributed by atoms with Crippen molar-refractivity contribution in [3.05, 3.63) is 59.2 Å². The van der Waals surface area contributed by atoms with Gasteiger partial charge in [-0.05, 0) is 60.7 Å². The van der Waals surface area contributed by atoms with Gasteiger partial charge in [-0.2, -0.15) is 15.0 Å². The number of ether oxygens (including phenoxy) is 1. The maximum atomic E-state index is 5.48. The summed E-state index contributed by atoms with van der Waals surface area (Å²) in [7, 11) is 0. The fourth-order valence-corrected chi connectivity index (χ4v) is 3.41. The van der Waals surface area contributed by atoms with Crippen molar-refractivity contribution in [1.29, 1.82) is 0 Å². The van der Waals surface area contributed by atoms with E-state index < -0.39 is 0 Å². The van der Waals surface area contributed by atoms with E-state index in [2.05, 4.69) is 94.6 Å². The first kappa shape index (κ1) is 21.1. The van der Waals surface area contributed by atoms with Gasteiger partial charge in [0.25, 0.3) is 0 Å². The van der Waals surface area contributed by atoms with Crippen LogP contribution in [-0.4, -0.2) is 41.3 Å². The van der Waals surface area contributed by atoms with Gasteiger partial charge in [-0.15, -0.1) is 0 Å². The second-order valence-corrected chi connectivity index (χ2v) is 8.21. The zero-order valence-electron chi connectivity index (χ0n) is 18.6. The molecule has 0 bridgehead atoms. The molecule has 0 unspecified atom stereocenters. The number of nitrogens with zero attached hydrogens (tertiary/aromatic N) is 4. The Morgan fingerprint density at radius 1 is 0.806 bits per heavy atom. The minimum Gasteiger partial charge on any atom is -0.378 e. The van der Waals surface area contributed by atoms with Gasteiger partial charge in [-0.25, -0.2) is 0 Å². The summed E-state index contributed by atoms with van der Waals surface area (Å²) in [5.41, 5.74) is 5.67. The molecule has 162 valence electrons. The molecule has 0 saturated carbocycles.